The van der Waals surface area contributed by atoms with Gasteiger partial charge < -0.3 is 14.4 Å². The third-order valence-electron chi connectivity index (χ3n) is 5.41. The third-order valence-corrected chi connectivity index (χ3v) is 5.41. The highest BCUT2D eigenvalue weighted by Gasteiger charge is 2.25. The zero-order chi connectivity index (χ0) is 21.8. The monoisotopic (exact) mass is 423 g/mol. The van der Waals surface area contributed by atoms with Crippen molar-refractivity contribution in [2.24, 2.45) is 5.92 Å². The Balaban J connectivity index is 1.30. The number of likely N-dealkylation sites (tertiary alicyclic amines) is 1. The van der Waals surface area contributed by atoms with E-state index in [0.717, 1.165) is 37.4 Å². The molecule has 164 valence electrons. The highest BCUT2D eigenvalue weighted by Crippen LogP contribution is 2.21. The predicted octanol–water partition coefficient (Wildman–Crippen LogP) is 2.59. The molecule has 4 heterocycles. The van der Waals surface area contributed by atoms with Gasteiger partial charge in [-0.3, -0.25) is 14.7 Å². The van der Waals surface area contributed by atoms with Crippen LogP contribution in [0.4, 0.5) is 0 Å². The van der Waals surface area contributed by atoms with Gasteiger partial charge in [-0.25, -0.2) is 4.98 Å². The van der Waals surface area contributed by atoms with Crippen LogP contribution in [0, 0.1) is 5.92 Å². The van der Waals surface area contributed by atoms with Crippen molar-refractivity contribution in [3.8, 4) is 5.69 Å². The van der Waals surface area contributed by atoms with E-state index >= 15 is 0 Å². The lowest BCUT2D eigenvalue weighted by atomic mass is 9.97. The first kappa shape index (κ1) is 21.2. The Morgan fingerprint density at radius 1 is 1.32 bits per heavy atom. The van der Waals surface area contributed by atoms with Crippen molar-refractivity contribution in [1.29, 1.82) is 0 Å². The van der Waals surface area contributed by atoms with E-state index in [0.29, 0.717) is 30.6 Å². The Hall–Kier alpha value is -3.07. The van der Waals surface area contributed by atoms with Crippen molar-refractivity contribution in [2.45, 2.75) is 45.6 Å². The largest absolute Gasteiger partial charge is 0.350 e. The van der Waals surface area contributed by atoms with E-state index in [9.17, 15) is 4.79 Å². The van der Waals surface area contributed by atoms with Gasteiger partial charge in [0.25, 0.3) is 5.91 Å². The summed E-state index contributed by atoms with van der Waals surface area (Å²) in [5.41, 5.74) is 1.11. The highest BCUT2D eigenvalue weighted by atomic mass is 16.5. The molecule has 31 heavy (non-hydrogen) atoms. The average molecular weight is 424 g/mol. The van der Waals surface area contributed by atoms with E-state index in [2.05, 4.69) is 51.1 Å². The second-order valence-corrected chi connectivity index (χ2v) is 9.09. The zero-order valence-corrected chi connectivity index (χ0v) is 18.3. The van der Waals surface area contributed by atoms with Crippen LogP contribution in [0.15, 0.2) is 41.6 Å². The van der Waals surface area contributed by atoms with E-state index in [1.54, 1.807) is 24.8 Å². The Labute approximate surface area is 181 Å². The summed E-state index contributed by atoms with van der Waals surface area (Å²) in [5.74, 6) is 1.60. The minimum Gasteiger partial charge on any atom is -0.350 e. The molecule has 1 saturated heterocycles. The van der Waals surface area contributed by atoms with Gasteiger partial charge in [-0.15, -0.1) is 0 Å². The molecule has 0 spiro atoms. The molecular weight excluding hydrogens is 394 g/mol. The smallest absolute Gasteiger partial charge is 0.269 e. The number of carbonyl (C=O) groups is 1. The number of amides is 1. The van der Waals surface area contributed by atoms with Crippen LogP contribution in [0.1, 0.15) is 55.8 Å². The SMILES string of the molecule is CC(C)(C)c1nc(CN2CCCC(CNC(=O)c3cc(-n4ccnc4)ccn3)C2)no1. The van der Waals surface area contributed by atoms with Crippen LogP contribution in [0.3, 0.4) is 0 Å². The average Bonchev–Trinajstić information content (AvgIpc) is 3.44. The number of rotatable bonds is 6. The van der Waals surface area contributed by atoms with Gasteiger partial charge in [-0.1, -0.05) is 25.9 Å². The summed E-state index contributed by atoms with van der Waals surface area (Å²) in [7, 11) is 0. The Morgan fingerprint density at radius 3 is 2.94 bits per heavy atom. The lowest BCUT2D eigenvalue weighted by molar-refractivity contribution is 0.0924. The van der Waals surface area contributed by atoms with Gasteiger partial charge in [0.1, 0.15) is 5.69 Å². The minimum absolute atomic E-state index is 0.150. The molecule has 0 saturated carbocycles. The van der Waals surface area contributed by atoms with Gasteiger partial charge in [0.2, 0.25) is 5.89 Å². The summed E-state index contributed by atoms with van der Waals surface area (Å²) in [6, 6.07) is 3.62. The maximum absolute atomic E-state index is 12.6. The van der Waals surface area contributed by atoms with Gasteiger partial charge in [-0.05, 0) is 37.4 Å². The van der Waals surface area contributed by atoms with Gasteiger partial charge in [0, 0.05) is 37.1 Å². The van der Waals surface area contributed by atoms with Crippen molar-refractivity contribution in [1.82, 2.24) is 34.9 Å². The number of pyridine rings is 1. The predicted molar refractivity (Wildman–Crippen MR) is 115 cm³/mol. The molecule has 0 bridgehead atoms. The lowest BCUT2D eigenvalue weighted by Crippen LogP contribution is -2.40. The number of hydrogen-bond donors (Lipinski definition) is 1. The molecule has 9 heteroatoms. The fourth-order valence-corrected chi connectivity index (χ4v) is 3.73. The molecule has 0 aliphatic carbocycles. The zero-order valence-electron chi connectivity index (χ0n) is 18.3. The maximum atomic E-state index is 12.6. The van der Waals surface area contributed by atoms with Crippen LogP contribution in [0.25, 0.3) is 5.69 Å². The van der Waals surface area contributed by atoms with Crippen molar-refractivity contribution in [2.75, 3.05) is 19.6 Å². The molecule has 9 nitrogen and oxygen atoms in total. The first-order valence-electron chi connectivity index (χ1n) is 10.7. The van der Waals surface area contributed by atoms with Gasteiger partial charge in [0.15, 0.2) is 5.82 Å². The molecule has 1 aliphatic heterocycles. The molecule has 3 aromatic rings. The van der Waals surface area contributed by atoms with E-state index in [1.165, 1.54) is 0 Å². The molecule has 1 amide bonds. The second kappa shape index (κ2) is 8.97. The van der Waals surface area contributed by atoms with Crippen molar-refractivity contribution in [3.05, 3.63) is 54.5 Å². The normalized spacial score (nSPS) is 17.6. The molecule has 1 aliphatic rings. The summed E-state index contributed by atoms with van der Waals surface area (Å²) < 4.78 is 7.25. The lowest BCUT2D eigenvalue weighted by Gasteiger charge is -2.31. The Kier molecular flexibility index (Phi) is 6.13. The maximum Gasteiger partial charge on any atom is 0.269 e. The third kappa shape index (κ3) is 5.35. The number of nitrogens with one attached hydrogen (secondary N) is 1. The van der Waals surface area contributed by atoms with E-state index in [4.69, 9.17) is 4.52 Å². The number of nitrogens with zero attached hydrogens (tertiary/aromatic N) is 6. The van der Waals surface area contributed by atoms with Crippen LogP contribution in [-0.2, 0) is 12.0 Å². The number of hydrogen-bond acceptors (Lipinski definition) is 7. The second-order valence-electron chi connectivity index (χ2n) is 9.09. The van der Waals surface area contributed by atoms with Crippen molar-refractivity contribution < 1.29 is 9.32 Å². The molecular formula is C22H29N7O2. The summed E-state index contributed by atoms with van der Waals surface area (Å²) in [5, 5.41) is 7.18. The fourth-order valence-electron chi connectivity index (χ4n) is 3.73. The standard InChI is InChI=1S/C22H29N7O2/c1-22(2,3)21-26-19(27-31-21)14-28-9-4-5-16(13-28)12-25-20(30)18-11-17(6-7-24-18)29-10-8-23-15-29/h6-8,10-11,15-16H,4-5,9,12-14H2,1-3H3,(H,25,30). The number of imidazole rings is 1. The van der Waals surface area contributed by atoms with Crippen molar-refractivity contribution in [3.63, 3.8) is 0 Å². The van der Waals surface area contributed by atoms with Crippen LogP contribution >= 0.6 is 0 Å². The first-order valence-corrected chi connectivity index (χ1v) is 10.7. The van der Waals surface area contributed by atoms with E-state index in [-0.39, 0.29) is 11.3 Å². The Morgan fingerprint density at radius 2 is 2.19 bits per heavy atom. The summed E-state index contributed by atoms with van der Waals surface area (Å²) in [6.45, 7) is 9.35. The molecule has 3 aromatic heterocycles. The summed E-state index contributed by atoms with van der Waals surface area (Å²) >= 11 is 0. The van der Waals surface area contributed by atoms with Crippen LogP contribution in [0.2, 0.25) is 0 Å². The quantitative estimate of drug-likeness (QED) is 0.650. The molecule has 0 aromatic carbocycles. The van der Waals surface area contributed by atoms with Crippen LogP contribution < -0.4 is 5.32 Å². The first-order chi connectivity index (χ1) is 14.9. The molecule has 1 unspecified atom stereocenters. The topological polar surface area (TPSA) is 102 Å². The molecule has 1 fully saturated rings. The van der Waals surface area contributed by atoms with Crippen molar-refractivity contribution >= 4 is 5.91 Å². The fraction of sp³-hybridized carbons (Fsp3) is 0.500. The molecule has 1 N–H and O–H groups in total. The van der Waals surface area contributed by atoms with E-state index in [1.807, 2.05) is 16.8 Å². The number of aromatic nitrogens is 5. The van der Waals surface area contributed by atoms with Crippen LogP contribution in [0.5, 0.6) is 0 Å². The summed E-state index contributed by atoms with van der Waals surface area (Å²) in [6.07, 6.45) is 9.04. The molecule has 4 rings (SSSR count). The van der Waals surface area contributed by atoms with Gasteiger partial charge in [-0.2, -0.15) is 4.98 Å². The Bertz CT molecular complexity index is 1010. The molecule has 1 atom stereocenters. The van der Waals surface area contributed by atoms with Crippen LogP contribution in [-0.4, -0.2) is 55.1 Å². The minimum atomic E-state index is -0.160. The highest BCUT2D eigenvalue weighted by molar-refractivity contribution is 5.92. The van der Waals surface area contributed by atoms with Gasteiger partial charge in [0.05, 0.1) is 18.6 Å². The number of carbonyl (C=O) groups excluding carboxylic acids is 1. The van der Waals surface area contributed by atoms with Gasteiger partial charge >= 0.3 is 0 Å². The number of piperidine rings is 1. The molecule has 0 radical (unpaired) electrons. The van der Waals surface area contributed by atoms with E-state index < -0.39 is 0 Å². The summed E-state index contributed by atoms with van der Waals surface area (Å²) in [4.78, 5) is 27.8.